The average Bonchev–Trinajstić information content (AvgIpc) is 2.25. The highest BCUT2D eigenvalue weighted by Gasteiger charge is 2.34. The number of hydrogen-bond acceptors (Lipinski definition) is 2. The molecular formula is C10H7ClF3NO. The zero-order valence-electron chi connectivity index (χ0n) is 8.23. The van der Waals surface area contributed by atoms with Gasteiger partial charge in [-0.25, -0.2) is 0 Å². The second kappa shape index (κ2) is 4.62. The van der Waals surface area contributed by atoms with Crippen LogP contribution in [0.25, 0.3) is 0 Å². The van der Waals surface area contributed by atoms with Crippen LogP contribution in [0, 0.1) is 11.3 Å². The lowest BCUT2D eigenvalue weighted by atomic mass is 10.0. The molecule has 2 nitrogen and oxygen atoms in total. The number of nitrogens with zero attached hydrogens (tertiary/aromatic N) is 1. The van der Waals surface area contributed by atoms with E-state index >= 15 is 0 Å². The topological polar surface area (TPSA) is 33.0 Å². The Bertz CT molecular complexity index is 437. The van der Waals surface area contributed by atoms with Gasteiger partial charge in [-0.2, -0.15) is 18.4 Å². The molecule has 0 unspecified atom stereocenters. The number of halogens is 4. The van der Waals surface area contributed by atoms with E-state index in [0.717, 1.165) is 12.1 Å². The van der Waals surface area contributed by atoms with Crippen LogP contribution in [0.5, 0.6) is 5.75 Å². The van der Waals surface area contributed by atoms with Crippen LogP contribution in [0.2, 0.25) is 0 Å². The van der Waals surface area contributed by atoms with Crippen molar-refractivity contribution in [1.29, 1.82) is 5.26 Å². The predicted molar refractivity (Wildman–Crippen MR) is 52.3 cm³/mol. The Kier molecular flexibility index (Phi) is 3.66. The Labute approximate surface area is 95.2 Å². The lowest BCUT2D eigenvalue weighted by Crippen LogP contribution is -2.09. The highest BCUT2D eigenvalue weighted by molar-refractivity contribution is 6.17. The molecule has 0 bridgehead atoms. The smallest absolute Gasteiger partial charge is 0.416 e. The number of benzene rings is 1. The summed E-state index contributed by atoms with van der Waals surface area (Å²) in [5.41, 5.74) is -0.976. The van der Waals surface area contributed by atoms with E-state index < -0.39 is 11.7 Å². The van der Waals surface area contributed by atoms with Gasteiger partial charge in [0.1, 0.15) is 11.8 Å². The Morgan fingerprint density at radius 2 is 2.06 bits per heavy atom. The number of hydrogen-bond donors (Lipinski definition) is 0. The first kappa shape index (κ1) is 12.7. The number of alkyl halides is 4. The molecule has 86 valence electrons. The Morgan fingerprint density at radius 3 is 2.44 bits per heavy atom. The molecule has 6 heteroatoms. The van der Waals surface area contributed by atoms with E-state index in [9.17, 15) is 13.2 Å². The fraction of sp³-hybridized carbons (Fsp3) is 0.300. The minimum atomic E-state index is -4.51. The summed E-state index contributed by atoms with van der Waals surface area (Å²) in [5, 5.41) is 8.71. The van der Waals surface area contributed by atoms with Gasteiger partial charge in [-0.3, -0.25) is 0 Å². The molecule has 0 amide bonds. The van der Waals surface area contributed by atoms with E-state index in [0.29, 0.717) is 0 Å². The first-order valence-corrected chi connectivity index (χ1v) is 4.71. The molecular weight excluding hydrogens is 243 g/mol. The highest BCUT2D eigenvalue weighted by Crippen LogP contribution is 2.36. The Hall–Kier alpha value is -1.41. The van der Waals surface area contributed by atoms with E-state index in [-0.39, 0.29) is 22.8 Å². The van der Waals surface area contributed by atoms with Crippen molar-refractivity contribution < 1.29 is 17.9 Å². The summed E-state index contributed by atoms with van der Waals surface area (Å²) in [6.07, 6.45) is -4.51. The standard InChI is InChI=1S/C10H7ClF3NO/c1-16-9-3-8(10(12,13)14)6(4-11)2-7(9)5-15/h2-3H,4H2,1H3. The molecule has 0 aliphatic carbocycles. The molecule has 1 rings (SSSR count). The maximum Gasteiger partial charge on any atom is 0.416 e. The highest BCUT2D eigenvalue weighted by atomic mass is 35.5. The lowest BCUT2D eigenvalue weighted by Gasteiger charge is -2.13. The molecule has 0 aromatic heterocycles. The maximum absolute atomic E-state index is 12.6. The van der Waals surface area contributed by atoms with Crippen LogP contribution < -0.4 is 4.74 Å². The van der Waals surface area contributed by atoms with Crippen LogP contribution in [0.4, 0.5) is 13.2 Å². The van der Waals surface area contributed by atoms with Crippen molar-refractivity contribution in [2.75, 3.05) is 7.11 Å². The second-order valence-electron chi connectivity index (χ2n) is 2.95. The van der Waals surface area contributed by atoms with E-state index in [2.05, 4.69) is 0 Å². The van der Waals surface area contributed by atoms with Crippen molar-refractivity contribution in [3.63, 3.8) is 0 Å². The molecule has 16 heavy (non-hydrogen) atoms. The third kappa shape index (κ3) is 2.39. The molecule has 0 fully saturated rings. The van der Waals surface area contributed by atoms with Crippen molar-refractivity contribution >= 4 is 11.6 Å². The summed E-state index contributed by atoms with van der Waals surface area (Å²) in [7, 11) is 1.21. The molecule has 0 spiro atoms. The molecule has 1 aromatic rings. The van der Waals surface area contributed by atoms with Crippen molar-refractivity contribution in [1.82, 2.24) is 0 Å². The van der Waals surface area contributed by atoms with Crippen molar-refractivity contribution in [2.24, 2.45) is 0 Å². The maximum atomic E-state index is 12.6. The Balaban J connectivity index is 3.45. The summed E-state index contributed by atoms with van der Waals surface area (Å²) in [6, 6.07) is 3.63. The first-order chi connectivity index (χ1) is 7.43. The van der Waals surface area contributed by atoms with Crippen LogP contribution in [0.15, 0.2) is 12.1 Å². The number of methoxy groups -OCH3 is 1. The van der Waals surface area contributed by atoms with Crippen LogP contribution in [-0.4, -0.2) is 7.11 Å². The van der Waals surface area contributed by atoms with Gasteiger partial charge >= 0.3 is 6.18 Å². The summed E-state index contributed by atoms with van der Waals surface area (Å²) in [4.78, 5) is 0. The zero-order valence-corrected chi connectivity index (χ0v) is 8.99. The Morgan fingerprint density at radius 1 is 1.44 bits per heavy atom. The summed E-state index contributed by atoms with van der Waals surface area (Å²) < 4.78 is 42.5. The predicted octanol–water partition coefficient (Wildman–Crippen LogP) is 3.32. The molecule has 0 atom stereocenters. The van der Waals surface area contributed by atoms with Crippen LogP contribution in [0.1, 0.15) is 16.7 Å². The van der Waals surface area contributed by atoms with Gasteiger partial charge in [0.05, 0.1) is 18.2 Å². The lowest BCUT2D eigenvalue weighted by molar-refractivity contribution is -0.138. The number of rotatable bonds is 2. The largest absolute Gasteiger partial charge is 0.495 e. The van der Waals surface area contributed by atoms with Crippen LogP contribution >= 0.6 is 11.6 Å². The SMILES string of the molecule is COc1cc(C(F)(F)F)c(CCl)cc1C#N. The quantitative estimate of drug-likeness (QED) is 0.753. The van der Waals surface area contributed by atoms with E-state index in [1.54, 1.807) is 6.07 Å². The molecule has 0 aliphatic rings. The minimum absolute atomic E-state index is 0.0335. The van der Waals surface area contributed by atoms with Crippen molar-refractivity contribution in [3.8, 4) is 11.8 Å². The third-order valence-corrected chi connectivity index (χ3v) is 2.28. The van der Waals surface area contributed by atoms with Gasteiger partial charge in [0.2, 0.25) is 0 Å². The zero-order chi connectivity index (χ0) is 12.3. The van der Waals surface area contributed by atoms with Gasteiger partial charge in [0, 0.05) is 5.88 Å². The van der Waals surface area contributed by atoms with Gasteiger partial charge in [-0.1, -0.05) is 0 Å². The van der Waals surface area contributed by atoms with Crippen LogP contribution in [0.3, 0.4) is 0 Å². The molecule has 0 saturated heterocycles. The molecule has 0 aliphatic heterocycles. The van der Waals surface area contributed by atoms with Gasteiger partial charge in [0.15, 0.2) is 0 Å². The number of ether oxygens (including phenoxy) is 1. The summed E-state index contributed by atoms with van der Waals surface area (Å²) >= 11 is 5.41. The van der Waals surface area contributed by atoms with Crippen molar-refractivity contribution in [3.05, 3.63) is 28.8 Å². The normalized spacial score (nSPS) is 11.0. The fourth-order valence-corrected chi connectivity index (χ4v) is 1.48. The van der Waals surface area contributed by atoms with Gasteiger partial charge in [-0.05, 0) is 17.7 Å². The minimum Gasteiger partial charge on any atom is -0.495 e. The average molecular weight is 250 g/mol. The van der Waals surface area contributed by atoms with Crippen molar-refractivity contribution in [2.45, 2.75) is 12.1 Å². The van der Waals surface area contributed by atoms with E-state index in [1.165, 1.54) is 7.11 Å². The van der Waals surface area contributed by atoms with Gasteiger partial charge < -0.3 is 4.74 Å². The molecule has 1 aromatic carbocycles. The van der Waals surface area contributed by atoms with E-state index in [1.807, 2.05) is 0 Å². The third-order valence-electron chi connectivity index (χ3n) is 2.00. The molecule has 0 N–H and O–H groups in total. The van der Waals surface area contributed by atoms with Gasteiger partial charge in [0.25, 0.3) is 0 Å². The van der Waals surface area contributed by atoms with E-state index in [4.69, 9.17) is 21.6 Å². The second-order valence-corrected chi connectivity index (χ2v) is 3.22. The first-order valence-electron chi connectivity index (χ1n) is 4.18. The number of nitriles is 1. The summed E-state index contributed by atoms with van der Waals surface area (Å²) in [5.74, 6) is -0.420. The summed E-state index contributed by atoms with van der Waals surface area (Å²) in [6.45, 7) is 0. The van der Waals surface area contributed by atoms with Crippen LogP contribution in [-0.2, 0) is 12.1 Å². The molecule has 0 radical (unpaired) electrons. The molecule has 0 saturated carbocycles. The monoisotopic (exact) mass is 249 g/mol. The molecule has 0 heterocycles. The van der Waals surface area contributed by atoms with Gasteiger partial charge in [-0.15, -0.1) is 11.6 Å². The fourth-order valence-electron chi connectivity index (χ4n) is 1.26.